The first-order chi connectivity index (χ1) is 19.2. The summed E-state index contributed by atoms with van der Waals surface area (Å²) in [5.74, 6) is -0.902. The third-order valence-electron chi connectivity index (χ3n) is 9.11. The first kappa shape index (κ1) is 21.4. The molecule has 0 N–H and O–H groups in total. The molecular formula is C36H22O3. The molecule has 3 heteroatoms. The Balaban J connectivity index is 1.51. The second-order valence-electron chi connectivity index (χ2n) is 10.6. The molecule has 0 aromatic heterocycles. The van der Waals surface area contributed by atoms with E-state index in [1.165, 1.54) is 21.7 Å². The molecule has 0 heterocycles. The van der Waals surface area contributed by atoms with Crippen molar-refractivity contribution in [3.05, 3.63) is 119 Å². The van der Waals surface area contributed by atoms with Gasteiger partial charge in [0.25, 0.3) is 0 Å². The van der Waals surface area contributed by atoms with Gasteiger partial charge in [-0.05, 0) is 66.0 Å². The van der Waals surface area contributed by atoms with Crippen LogP contribution >= 0.6 is 0 Å². The van der Waals surface area contributed by atoms with Crippen LogP contribution in [-0.4, -0.2) is 20.0 Å². The molecule has 0 amide bonds. The van der Waals surface area contributed by atoms with Crippen molar-refractivity contribution >= 4 is 48.9 Å². The lowest BCUT2D eigenvalue weighted by Crippen LogP contribution is -2.35. The molecule has 2 aliphatic carbocycles. The monoisotopic (exact) mass is 502 g/mol. The summed E-state index contributed by atoms with van der Waals surface area (Å²) in [4.78, 5) is 13.6. The highest BCUT2D eigenvalue weighted by molar-refractivity contribution is 6.39. The van der Waals surface area contributed by atoms with Gasteiger partial charge in [-0.2, -0.15) is 0 Å². The van der Waals surface area contributed by atoms with Crippen molar-refractivity contribution in [1.29, 1.82) is 0 Å². The Bertz CT molecular complexity index is 2200. The van der Waals surface area contributed by atoms with Gasteiger partial charge in [-0.25, -0.2) is 0 Å². The molecule has 7 aromatic carbocycles. The molecule has 7 aromatic rings. The maximum Gasteiger partial charge on any atom is 0.223 e. The Labute approximate surface area is 224 Å². The Morgan fingerprint density at radius 1 is 0.436 bits per heavy atom. The van der Waals surface area contributed by atoms with Gasteiger partial charge in [0.2, 0.25) is 5.79 Å². The smallest absolute Gasteiger partial charge is 0.223 e. The summed E-state index contributed by atoms with van der Waals surface area (Å²) in [7, 11) is 3.43. The third kappa shape index (κ3) is 2.32. The van der Waals surface area contributed by atoms with E-state index in [2.05, 4.69) is 66.7 Å². The van der Waals surface area contributed by atoms with Gasteiger partial charge in [0, 0.05) is 41.9 Å². The van der Waals surface area contributed by atoms with Crippen molar-refractivity contribution in [3.63, 3.8) is 0 Å². The van der Waals surface area contributed by atoms with Crippen LogP contribution in [0.2, 0.25) is 0 Å². The van der Waals surface area contributed by atoms with Crippen LogP contribution in [0.25, 0.3) is 65.3 Å². The molecule has 0 atom stereocenters. The summed E-state index contributed by atoms with van der Waals surface area (Å²) in [6.07, 6.45) is 0. The predicted molar refractivity (Wildman–Crippen MR) is 157 cm³/mol. The topological polar surface area (TPSA) is 35.5 Å². The van der Waals surface area contributed by atoms with Crippen LogP contribution in [0.1, 0.15) is 27.0 Å². The molecule has 0 aliphatic heterocycles. The van der Waals surface area contributed by atoms with Crippen molar-refractivity contribution in [2.45, 2.75) is 5.79 Å². The second-order valence-corrected chi connectivity index (χ2v) is 10.6. The highest BCUT2D eigenvalue weighted by atomic mass is 16.7. The Morgan fingerprint density at radius 2 is 0.949 bits per heavy atom. The minimum absolute atomic E-state index is 0.0967. The van der Waals surface area contributed by atoms with Crippen LogP contribution in [0.15, 0.2) is 97.1 Å². The largest absolute Gasteiger partial charge is 0.346 e. The van der Waals surface area contributed by atoms with Gasteiger partial charge in [0.15, 0.2) is 5.78 Å². The van der Waals surface area contributed by atoms with Crippen molar-refractivity contribution in [1.82, 2.24) is 0 Å². The number of ether oxygens (including phenoxy) is 2. The molecule has 0 unspecified atom stereocenters. The van der Waals surface area contributed by atoms with E-state index in [9.17, 15) is 4.79 Å². The van der Waals surface area contributed by atoms with E-state index in [4.69, 9.17) is 9.47 Å². The van der Waals surface area contributed by atoms with Crippen molar-refractivity contribution < 1.29 is 14.3 Å². The average molecular weight is 503 g/mol. The van der Waals surface area contributed by atoms with E-state index < -0.39 is 5.79 Å². The highest BCUT2D eigenvalue weighted by Gasteiger charge is 2.42. The summed E-state index contributed by atoms with van der Waals surface area (Å²) in [6, 6.07) is 33.8. The fourth-order valence-electron chi connectivity index (χ4n) is 7.54. The van der Waals surface area contributed by atoms with Gasteiger partial charge in [-0.3, -0.25) is 4.79 Å². The molecule has 9 rings (SSSR count). The summed E-state index contributed by atoms with van der Waals surface area (Å²) >= 11 is 0. The maximum absolute atomic E-state index is 13.6. The molecule has 0 fully saturated rings. The zero-order chi connectivity index (χ0) is 26.0. The van der Waals surface area contributed by atoms with Crippen molar-refractivity contribution in [2.24, 2.45) is 0 Å². The van der Waals surface area contributed by atoms with E-state index in [-0.39, 0.29) is 5.78 Å². The fraction of sp³-hybridized carbons (Fsp3) is 0.0833. The number of methoxy groups -OCH3 is 2. The van der Waals surface area contributed by atoms with Gasteiger partial charge in [0.05, 0.1) is 0 Å². The number of benzene rings is 7. The Hall–Kier alpha value is -4.57. The normalized spacial score (nSPS) is 14.9. The maximum atomic E-state index is 13.6. The number of ketones is 1. The number of fused-ring (bicyclic) bond motifs is 6. The van der Waals surface area contributed by atoms with E-state index in [1.807, 2.05) is 30.3 Å². The first-order valence-corrected chi connectivity index (χ1v) is 13.2. The van der Waals surface area contributed by atoms with Crippen LogP contribution in [0.4, 0.5) is 0 Å². The standard InChI is InChI=1S/C36H22O3/c1-38-36(39-2)29-10-6-5-8-20(29)22-12-14-25-24-15-16-28-33-21(19-7-3-4-9-27(19)35(28)37)11-13-23(31(24)33)26-17-18-30(36)34(22)32(25)26/h3-18H,1-2H3. The first-order valence-electron chi connectivity index (χ1n) is 13.2. The lowest BCUT2D eigenvalue weighted by atomic mass is 9.75. The van der Waals surface area contributed by atoms with Gasteiger partial charge >= 0.3 is 0 Å². The van der Waals surface area contributed by atoms with Crippen LogP contribution < -0.4 is 0 Å². The summed E-state index contributed by atoms with van der Waals surface area (Å²) in [5, 5.41) is 9.25. The van der Waals surface area contributed by atoms with Crippen LogP contribution in [0, 0.1) is 0 Å². The molecule has 0 radical (unpaired) electrons. The Morgan fingerprint density at radius 3 is 1.62 bits per heavy atom. The zero-order valence-corrected chi connectivity index (χ0v) is 21.5. The zero-order valence-electron chi connectivity index (χ0n) is 21.5. The fourth-order valence-corrected chi connectivity index (χ4v) is 7.54. The highest BCUT2D eigenvalue weighted by Crippen LogP contribution is 2.54. The average Bonchev–Trinajstić information content (AvgIpc) is 3.00. The number of hydrogen-bond acceptors (Lipinski definition) is 3. The third-order valence-corrected chi connectivity index (χ3v) is 9.11. The van der Waals surface area contributed by atoms with Crippen LogP contribution in [0.3, 0.4) is 0 Å². The number of rotatable bonds is 2. The van der Waals surface area contributed by atoms with Crippen molar-refractivity contribution in [3.8, 4) is 22.3 Å². The quantitative estimate of drug-likeness (QED) is 0.135. The number of hydrogen-bond donors (Lipinski definition) is 0. The summed E-state index contributed by atoms with van der Waals surface area (Å²) in [5.41, 5.74) is 8.03. The van der Waals surface area contributed by atoms with Crippen LogP contribution in [0.5, 0.6) is 0 Å². The second kappa shape index (κ2) is 7.09. The molecule has 184 valence electrons. The molecule has 39 heavy (non-hydrogen) atoms. The minimum Gasteiger partial charge on any atom is -0.346 e. The minimum atomic E-state index is -0.999. The summed E-state index contributed by atoms with van der Waals surface area (Å²) < 4.78 is 12.4. The molecular weight excluding hydrogens is 480 g/mol. The predicted octanol–water partition coefficient (Wildman–Crippen LogP) is 8.42. The van der Waals surface area contributed by atoms with Gasteiger partial charge in [-0.15, -0.1) is 0 Å². The molecule has 0 spiro atoms. The van der Waals surface area contributed by atoms with Crippen LogP contribution in [-0.2, 0) is 15.3 Å². The van der Waals surface area contributed by atoms with E-state index >= 15 is 0 Å². The van der Waals surface area contributed by atoms with Gasteiger partial charge in [-0.1, -0.05) is 91.0 Å². The van der Waals surface area contributed by atoms with Gasteiger partial charge in [0.1, 0.15) is 0 Å². The number of carbonyl (C=O) groups excluding carboxylic acids is 1. The summed E-state index contributed by atoms with van der Waals surface area (Å²) in [6.45, 7) is 0. The number of carbonyl (C=O) groups is 1. The molecule has 0 bridgehead atoms. The molecule has 3 nitrogen and oxygen atoms in total. The lowest BCUT2D eigenvalue weighted by Gasteiger charge is -2.38. The van der Waals surface area contributed by atoms with Crippen molar-refractivity contribution in [2.75, 3.05) is 14.2 Å². The van der Waals surface area contributed by atoms with Gasteiger partial charge < -0.3 is 9.47 Å². The SMILES string of the molecule is COC1(OC)c2ccccc2-c2ccc3c4ccc5c6c(ccc(c7ccc1c2c37)c64)-c1ccccc1C5=O. The molecule has 2 aliphatic rings. The van der Waals surface area contributed by atoms with E-state index in [0.717, 1.165) is 65.9 Å². The lowest BCUT2D eigenvalue weighted by molar-refractivity contribution is -0.182. The van der Waals surface area contributed by atoms with E-state index in [1.54, 1.807) is 14.2 Å². The molecule has 0 saturated heterocycles. The van der Waals surface area contributed by atoms with E-state index in [0.29, 0.717) is 0 Å². The Kier molecular flexibility index (Phi) is 3.88. The molecule has 0 saturated carbocycles.